The quantitative estimate of drug-likeness (QED) is 0.0307. The molecule has 17 nitrogen and oxygen atoms in total. The van der Waals surface area contributed by atoms with E-state index in [1.807, 2.05) is 0 Å². The summed E-state index contributed by atoms with van der Waals surface area (Å²) in [6.45, 7) is -0.500. The Bertz CT molecular complexity index is 1620. The maximum atomic E-state index is 12.9. The first kappa shape index (κ1) is 27.5. The summed E-state index contributed by atoms with van der Waals surface area (Å²) in [6.07, 6.45) is 0. The van der Waals surface area contributed by atoms with Crippen molar-refractivity contribution in [3.05, 3.63) is 39.9 Å². The summed E-state index contributed by atoms with van der Waals surface area (Å²) < 4.78 is 1.25. The van der Waals surface area contributed by atoms with Crippen molar-refractivity contribution in [2.75, 3.05) is 17.2 Å². The standard InChI is InChI=1S/C20H17N9O8S3/c21-19-22-8(5-40-19)13(31)15(33)25-11-16(34)28-12(18(35)36)6(4-39-17(11)28)3-38-10-1-7(14(32)27-37)23-20-24-9(2-30)26-29(10)20/h1,5,11,17,30,37H,2-4H2,(H2,21,22)(H,25,33)(H,27,32)(H,35,36)/t11-,17-/m1/s1. The van der Waals surface area contributed by atoms with E-state index in [-0.39, 0.29) is 45.3 Å². The largest absolute Gasteiger partial charge is 0.477 e. The van der Waals surface area contributed by atoms with Crippen LogP contribution in [0.15, 0.2) is 27.7 Å². The number of aromatic nitrogens is 5. The Labute approximate surface area is 234 Å². The Hall–Kier alpha value is -4.11. The molecule has 2 aliphatic rings. The third-order valence-electron chi connectivity index (χ3n) is 5.69. The molecule has 2 atom stereocenters. The van der Waals surface area contributed by atoms with Crippen LogP contribution in [0.2, 0.25) is 0 Å². The molecule has 0 spiro atoms. The Kier molecular flexibility index (Phi) is 7.42. The van der Waals surface area contributed by atoms with E-state index >= 15 is 0 Å². The lowest BCUT2D eigenvalue weighted by Crippen LogP contribution is -2.71. The average molecular weight is 608 g/mol. The number of nitrogen functional groups attached to an aromatic ring is 1. The first-order valence-electron chi connectivity index (χ1n) is 11.0. The number of carboxylic acids is 1. The van der Waals surface area contributed by atoms with Gasteiger partial charge in [0.15, 0.2) is 11.0 Å². The number of hydrogen-bond donors (Lipinski definition) is 6. The number of nitrogens with one attached hydrogen (secondary N) is 2. The Morgan fingerprint density at radius 2 is 1.98 bits per heavy atom. The predicted molar refractivity (Wildman–Crippen MR) is 137 cm³/mol. The van der Waals surface area contributed by atoms with Gasteiger partial charge < -0.3 is 21.3 Å². The number of hydrogen-bond acceptors (Lipinski definition) is 15. The molecule has 0 saturated carbocycles. The van der Waals surface area contributed by atoms with E-state index in [1.54, 1.807) is 0 Å². The molecular formula is C20H17N9O8S3. The number of ketones is 1. The summed E-state index contributed by atoms with van der Waals surface area (Å²) >= 11 is 3.24. The summed E-state index contributed by atoms with van der Waals surface area (Å²) in [4.78, 5) is 74.6. The van der Waals surface area contributed by atoms with Gasteiger partial charge >= 0.3 is 5.97 Å². The monoisotopic (exact) mass is 607 g/mol. The lowest BCUT2D eigenvalue weighted by molar-refractivity contribution is -0.150. The first-order chi connectivity index (χ1) is 19.1. The molecule has 0 radical (unpaired) electrons. The molecule has 3 aromatic rings. The fraction of sp³-hybridized carbons (Fsp3) is 0.250. The third-order valence-corrected chi connectivity index (χ3v) is 8.78. The number of carbonyl (C=O) groups excluding carboxylic acids is 4. The average Bonchev–Trinajstić information content (AvgIpc) is 3.58. The van der Waals surface area contributed by atoms with E-state index in [0.29, 0.717) is 10.6 Å². The van der Waals surface area contributed by atoms with Gasteiger partial charge in [-0.15, -0.1) is 40.0 Å². The number of rotatable bonds is 9. The van der Waals surface area contributed by atoms with E-state index in [2.05, 4.69) is 25.4 Å². The van der Waals surface area contributed by atoms with Gasteiger partial charge in [-0.2, -0.15) is 9.50 Å². The van der Waals surface area contributed by atoms with Crippen LogP contribution in [-0.2, 0) is 21.0 Å². The number of aliphatic hydroxyl groups is 1. The highest BCUT2D eigenvalue weighted by Gasteiger charge is 2.54. The molecule has 5 heterocycles. The van der Waals surface area contributed by atoms with Crippen molar-refractivity contribution in [2.45, 2.75) is 23.0 Å². The van der Waals surface area contributed by atoms with Crippen molar-refractivity contribution in [2.24, 2.45) is 0 Å². The molecule has 0 aliphatic carbocycles. The van der Waals surface area contributed by atoms with E-state index in [9.17, 15) is 34.2 Å². The van der Waals surface area contributed by atoms with E-state index in [0.717, 1.165) is 28.0 Å². The number of β-lactam (4-membered cyclic amide) rings is 1. The summed E-state index contributed by atoms with van der Waals surface area (Å²) in [5.74, 6) is -4.83. The highest BCUT2D eigenvalue weighted by Crippen LogP contribution is 2.41. The number of aliphatic hydroxyl groups excluding tert-OH is 1. The molecule has 5 rings (SSSR count). The van der Waals surface area contributed by atoms with Crippen molar-refractivity contribution in [1.82, 2.24) is 40.3 Å². The van der Waals surface area contributed by atoms with Crippen LogP contribution in [0.5, 0.6) is 0 Å². The minimum atomic E-state index is -1.36. The maximum Gasteiger partial charge on any atom is 0.352 e. The first-order valence-corrected chi connectivity index (χ1v) is 13.9. The van der Waals surface area contributed by atoms with Crippen molar-refractivity contribution < 1.29 is 39.4 Å². The molecule has 208 valence electrons. The number of carbonyl (C=O) groups is 5. The van der Waals surface area contributed by atoms with Gasteiger partial charge in [0.25, 0.3) is 29.3 Å². The lowest BCUT2D eigenvalue weighted by atomic mass is 10.0. The maximum absolute atomic E-state index is 12.9. The van der Waals surface area contributed by atoms with E-state index < -0.39 is 47.5 Å². The number of hydroxylamine groups is 1. The summed E-state index contributed by atoms with van der Waals surface area (Å²) in [7, 11) is 0. The molecule has 2 aliphatic heterocycles. The smallest absolute Gasteiger partial charge is 0.352 e. The van der Waals surface area contributed by atoms with Gasteiger partial charge in [0, 0.05) is 23.0 Å². The number of thioether (sulfide) groups is 2. The molecule has 3 aromatic heterocycles. The van der Waals surface area contributed by atoms with Crippen LogP contribution in [0.25, 0.3) is 5.78 Å². The summed E-state index contributed by atoms with van der Waals surface area (Å²) in [5.41, 5.74) is 6.70. The van der Waals surface area contributed by atoms with Crippen molar-refractivity contribution in [3.63, 3.8) is 0 Å². The Morgan fingerprint density at radius 3 is 2.62 bits per heavy atom. The van der Waals surface area contributed by atoms with E-state index in [4.69, 9.17) is 10.9 Å². The van der Waals surface area contributed by atoms with Crippen LogP contribution in [-0.4, -0.2) is 97.3 Å². The number of aliphatic carboxylic acids is 1. The van der Waals surface area contributed by atoms with Crippen molar-refractivity contribution in [1.29, 1.82) is 0 Å². The molecule has 1 fully saturated rings. The molecule has 40 heavy (non-hydrogen) atoms. The van der Waals surface area contributed by atoms with E-state index in [1.165, 1.54) is 33.2 Å². The fourth-order valence-corrected chi connectivity index (χ4v) is 6.92. The second-order valence-corrected chi connectivity index (χ2v) is 11.1. The molecule has 7 N–H and O–H groups in total. The minimum absolute atomic E-state index is 0.0217. The number of thiazole rings is 1. The summed E-state index contributed by atoms with van der Waals surface area (Å²) in [5, 5.41) is 35.7. The van der Waals surface area contributed by atoms with Gasteiger partial charge in [-0.05, 0) is 5.57 Å². The predicted octanol–water partition coefficient (Wildman–Crippen LogP) is -1.51. The van der Waals surface area contributed by atoms with Gasteiger partial charge in [0.05, 0.1) is 0 Å². The van der Waals surface area contributed by atoms with Crippen molar-refractivity contribution in [3.8, 4) is 0 Å². The second-order valence-electron chi connectivity index (χ2n) is 8.13. The summed E-state index contributed by atoms with van der Waals surface area (Å²) in [6, 6.07) is 0.180. The number of amides is 3. The molecule has 0 unspecified atom stereocenters. The van der Waals surface area contributed by atoms with Crippen LogP contribution in [0.1, 0.15) is 26.8 Å². The number of fused-ring (bicyclic) bond motifs is 2. The molecule has 20 heteroatoms. The zero-order valence-corrected chi connectivity index (χ0v) is 22.2. The molecular weight excluding hydrogens is 590 g/mol. The third kappa shape index (κ3) is 4.86. The van der Waals surface area contributed by atoms with Crippen LogP contribution < -0.4 is 16.5 Å². The van der Waals surface area contributed by atoms with Gasteiger partial charge in [-0.25, -0.2) is 20.2 Å². The number of nitrogens with zero attached hydrogens (tertiary/aromatic N) is 6. The fourth-order valence-electron chi connectivity index (χ4n) is 3.90. The highest BCUT2D eigenvalue weighted by atomic mass is 32.2. The van der Waals surface area contributed by atoms with Gasteiger partial charge in [-0.1, -0.05) is 0 Å². The zero-order chi connectivity index (χ0) is 28.7. The van der Waals surface area contributed by atoms with Crippen LogP contribution in [0.3, 0.4) is 0 Å². The molecule has 0 bridgehead atoms. The number of nitrogens with two attached hydrogens (primary N) is 1. The SMILES string of the molecule is Nc1nc(C(=O)C(=O)N[C@@H]2C(=O)N3C(C(=O)O)=C(CSc4cc(C(=O)NO)nc5nc(CO)nn45)CS[C@H]23)cs1. The van der Waals surface area contributed by atoms with Crippen LogP contribution >= 0.6 is 34.9 Å². The topological polar surface area (TPSA) is 255 Å². The van der Waals surface area contributed by atoms with Gasteiger partial charge in [0.1, 0.15) is 40.1 Å². The zero-order valence-electron chi connectivity index (χ0n) is 19.8. The van der Waals surface area contributed by atoms with Crippen molar-refractivity contribution >= 4 is 75.2 Å². The number of anilines is 1. The molecule has 3 amide bonds. The Morgan fingerprint density at radius 1 is 1.20 bits per heavy atom. The molecule has 0 aromatic carbocycles. The van der Waals surface area contributed by atoms with Crippen LogP contribution in [0, 0.1) is 0 Å². The number of carboxylic acid groups (broad SMARTS) is 1. The Balaban J connectivity index is 1.35. The molecule has 1 saturated heterocycles. The number of Topliss-reactive ketones (excluding diaryl/α,β-unsaturated/α-hetero) is 1. The minimum Gasteiger partial charge on any atom is -0.477 e. The lowest BCUT2D eigenvalue weighted by Gasteiger charge is -2.49. The van der Waals surface area contributed by atoms with Gasteiger partial charge in [0.2, 0.25) is 0 Å². The highest BCUT2D eigenvalue weighted by molar-refractivity contribution is 8.01. The second kappa shape index (κ2) is 10.8. The van der Waals surface area contributed by atoms with Crippen LogP contribution in [0.4, 0.5) is 5.13 Å². The normalized spacial score (nSPS) is 18.4. The van der Waals surface area contributed by atoms with Gasteiger partial charge in [-0.3, -0.25) is 29.3 Å².